The van der Waals surface area contributed by atoms with Gasteiger partial charge in [-0.3, -0.25) is 10.0 Å². The van der Waals surface area contributed by atoms with Gasteiger partial charge < -0.3 is 24.8 Å². The van der Waals surface area contributed by atoms with Crippen LogP contribution in [-0.2, 0) is 11.3 Å². The Morgan fingerprint density at radius 2 is 1.73 bits per heavy atom. The van der Waals surface area contributed by atoms with Crippen molar-refractivity contribution in [1.82, 2.24) is 15.8 Å². The monoisotopic (exact) mass is 684 g/mol. The molecule has 0 saturated carbocycles. The number of nitriles is 2. The average molecular weight is 685 g/mol. The summed E-state index contributed by atoms with van der Waals surface area (Å²) < 4.78 is 25.8. The Hall–Kier alpha value is -5.66. The number of phenolic OH excluding ortho intramolecular Hbond substituents is 1. The summed E-state index contributed by atoms with van der Waals surface area (Å²) >= 11 is 0. The van der Waals surface area contributed by atoms with Crippen molar-refractivity contribution in [3.63, 3.8) is 0 Å². The molecule has 13 heteroatoms. The van der Waals surface area contributed by atoms with E-state index in [-0.39, 0.29) is 46.6 Å². The molecule has 4 N–H and O–H groups in total. The summed E-state index contributed by atoms with van der Waals surface area (Å²) in [5.41, 5.74) is 5.06. The number of aromatic hydroxyl groups is 1. The summed E-state index contributed by atoms with van der Waals surface area (Å²) in [5.74, 6) is -0.558. The maximum Gasteiger partial charge on any atom is 0.274 e. The number of nitrogens with one attached hydrogen (secondary N) is 2. The van der Waals surface area contributed by atoms with Crippen molar-refractivity contribution in [3.8, 4) is 51.6 Å². The molecule has 1 aromatic heterocycles. The van der Waals surface area contributed by atoms with Gasteiger partial charge in [-0.25, -0.2) is 14.9 Å². The molecule has 0 radical (unpaired) electrons. The minimum absolute atomic E-state index is 0. The van der Waals surface area contributed by atoms with Gasteiger partial charge in [0, 0.05) is 60.2 Å². The first-order valence-corrected chi connectivity index (χ1v) is 15.0. The molecule has 3 aromatic carbocycles. The van der Waals surface area contributed by atoms with Gasteiger partial charge in [0.25, 0.3) is 5.91 Å². The zero-order valence-corrected chi connectivity index (χ0v) is 27.6. The van der Waals surface area contributed by atoms with E-state index in [4.69, 9.17) is 19.7 Å². The van der Waals surface area contributed by atoms with Crippen molar-refractivity contribution in [3.05, 3.63) is 95.4 Å². The normalized spacial score (nSPS) is 12.7. The molecule has 1 amide bonds. The Morgan fingerprint density at radius 1 is 1.04 bits per heavy atom. The number of ether oxygens (including phenoxy) is 2. The molecule has 0 atom stereocenters. The minimum atomic E-state index is -0.727. The number of anilines is 1. The highest BCUT2D eigenvalue weighted by Crippen LogP contribution is 2.45. The third-order valence-corrected chi connectivity index (χ3v) is 8.41. The Morgan fingerprint density at radius 3 is 2.33 bits per heavy atom. The Labute approximate surface area is 289 Å². The number of amides is 1. The van der Waals surface area contributed by atoms with Gasteiger partial charge in [0.15, 0.2) is 11.5 Å². The SMILES string of the molecule is C=C(C(=O)NO)c1ccc(CNC2CCN(c3ncc(-c4cc(O)c(OC)cc4OC)c(-c4ccc(C#N)c(F)c4)c3C#N)CC2)cc1.Cl. The summed E-state index contributed by atoms with van der Waals surface area (Å²) in [5, 5.41) is 42.9. The van der Waals surface area contributed by atoms with Crippen molar-refractivity contribution < 1.29 is 29.0 Å². The first-order valence-electron chi connectivity index (χ1n) is 15.0. The maximum atomic E-state index is 15.0. The van der Waals surface area contributed by atoms with Crippen LogP contribution in [0.15, 0.2) is 67.4 Å². The van der Waals surface area contributed by atoms with Gasteiger partial charge in [0.1, 0.15) is 35.1 Å². The average Bonchev–Trinajstić information content (AvgIpc) is 3.12. The zero-order valence-electron chi connectivity index (χ0n) is 26.8. The highest BCUT2D eigenvalue weighted by atomic mass is 35.5. The molecule has 0 spiro atoms. The van der Waals surface area contributed by atoms with Crippen LogP contribution in [-0.4, -0.2) is 54.6 Å². The number of carbonyl (C=O) groups excluding carboxylic acids is 1. The second-order valence-corrected chi connectivity index (χ2v) is 11.1. The fraction of sp³-hybridized carbons (Fsp3) is 0.222. The fourth-order valence-corrected chi connectivity index (χ4v) is 5.78. The lowest BCUT2D eigenvalue weighted by Gasteiger charge is -2.34. The number of nitrogens with zero attached hydrogens (tertiary/aromatic N) is 4. The summed E-state index contributed by atoms with van der Waals surface area (Å²) in [4.78, 5) is 18.4. The second kappa shape index (κ2) is 16.0. The van der Waals surface area contributed by atoms with Crippen LogP contribution >= 0.6 is 12.4 Å². The number of piperidine rings is 1. The molecule has 0 unspecified atom stereocenters. The largest absolute Gasteiger partial charge is 0.504 e. The lowest BCUT2D eigenvalue weighted by atomic mass is 9.90. The van der Waals surface area contributed by atoms with E-state index in [1.54, 1.807) is 29.9 Å². The number of methoxy groups -OCH3 is 2. The molecule has 11 nitrogen and oxygen atoms in total. The lowest BCUT2D eigenvalue weighted by Crippen LogP contribution is -2.42. The molecule has 0 bridgehead atoms. The van der Waals surface area contributed by atoms with Gasteiger partial charge in [-0.1, -0.05) is 36.9 Å². The van der Waals surface area contributed by atoms with E-state index in [0.29, 0.717) is 59.0 Å². The number of hydroxylamine groups is 1. The molecule has 1 aliphatic rings. The molecule has 0 aliphatic carbocycles. The van der Waals surface area contributed by atoms with Crippen molar-refractivity contribution >= 4 is 29.7 Å². The van der Waals surface area contributed by atoms with Crippen LogP contribution in [0.5, 0.6) is 17.2 Å². The summed E-state index contributed by atoms with van der Waals surface area (Å²) in [7, 11) is 2.88. The first-order chi connectivity index (χ1) is 23.2. The molecule has 1 fully saturated rings. The van der Waals surface area contributed by atoms with Gasteiger partial charge in [-0.05, 0) is 47.7 Å². The highest BCUT2D eigenvalue weighted by Gasteiger charge is 2.27. The zero-order chi connectivity index (χ0) is 34.4. The van der Waals surface area contributed by atoms with Crippen LogP contribution < -0.4 is 25.2 Å². The standard InChI is InChI=1S/C36H33FN6O5.ClH/c1-21(36(45)42-46)23-6-4-22(5-7-23)19-40-26-10-12-43(13-11-26)35-28(18-39)34(24-8-9-25(17-38)30(37)14-24)29(20-41-35)27-15-31(44)33(48-3)16-32(27)47-2;/h4-9,14-16,20,26,40,44,46H,1,10-13,19H2,2-3H3,(H,42,45);1H. The number of halogens is 2. The topological polar surface area (TPSA) is 164 Å². The van der Waals surface area contributed by atoms with Crippen LogP contribution in [0.3, 0.4) is 0 Å². The molecular formula is C36H34ClFN6O5. The predicted octanol–water partition coefficient (Wildman–Crippen LogP) is 5.72. The van der Waals surface area contributed by atoms with Crippen molar-refractivity contribution in [2.75, 3.05) is 32.2 Å². The first kappa shape index (κ1) is 36.2. The molecule has 49 heavy (non-hydrogen) atoms. The smallest absolute Gasteiger partial charge is 0.274 e. The molecule has 1 aliphatic heterocycles. The Bertz CT molecular complexity index is 1950. The van der Waals surface area contributed by atoms with Crippen LogP contribution in [0.25, 0.3) is 27.8 Å². The number of phenols is 1. The number of carbonyl (C=O) groups is 1. The lowest BCUT2D eigenvalue weighted by molar-refractivity contribution is -0.123. The van der Waals surface area contributed by atoms with E-state index >= 15 is 0 Å². The summed E-state index contributed by atoms with van der Waals surface area (Å²) in [6.07, 6.45) is 3.11. The molecule has 5 rings (SSSR count). The van der Waals surface area contributed by atoms with Crippen LogP contribution in [0.4, 0.5) is 10.2 Å². The van der Waals surface area contributed by atoms with Crippen LogP contribution in [0.2, 0.25) is 0 Å². The van der Waals surface area contributed by atoms with Gasteiger partial charge >= 0.3 is 0 Å². The third kappa shape index (κ3) is 7.58. The number of hydrogen-bond acceptors (Lipinski definition) is 10. The minimum Gasteiger partial charge on any atom is -0.504 e. The van der Waals surface area contributed by atoms with Crippen molar-refractivity contribution in [2.24, 2.45) is 0 Å². The van der Waals surface area contributed by atoms with E-state index in [1.165, 1.54) is 38.5 Å². The quantitative estimate of drug-likeness (QED) is 0.0923. The van der Waals surface area contributed by atoms with Gasteiger partial charge in [-0.2, -0.15) is 10.5 Å². The summed E-state index contributed by atoms with van der Waals surface area (Å²) in [6.45, 7) is 5.49. The molecule has 2 heterocycles. The second-order valence-electron chi connectivity index (χ2n) is 11.1. The van der Waals surface area contributed by atoms with E-state index < -0.39 is 11.7 Å². The van der Waals surface area contributed by atoms with Gasteiger partial charge in [0.05, 0.1) is 19.8 Å². The number of rotatable bonds is 10. The van der Waals surface area contributed by atoms with Crippen molar-refractivity contribution in [1.29, 1.82) is 10.5 Å². The predicted molar refractivity (Wildman–Crippen MR) is 184 cm³/mol. The van der Waals surface area contributed by atoms with E-state index in [0.717, 1.165) is 18.4 Å². The number of pyridine rings is 1. The fourth-order valence-electron chi connectivity index (χ4n) is 5.78. The van der Waals surface area contributed by atoms with E-state index in [9.17, 15) is 24.8 Å². The summed E-state index contributed by atoms with van der Waals surface area (Å²) in [6, 6.07) is 18.8. The molecule has 252 valence electrons. The van der Waals surface area contributed by atoms with Crippen LogP contribution in [0, 0.1) is 28.5 Å². The third-order valence-electron chi connectivity index (χ3n) is 8.41. The van der Waals surface area contributed by atoms with Crippen molar-refractivity contribution in [2.45, 2.75) is 25.4 Å². The van der Waals surface area contributed by atoms with Gasteiger partial charge in [0.2, 0.25) is 0 Å². The Kier molecular flexibility index (Phi) is 11.8. The maximum absolute atomic E-state index is 15.0. The molecular weight excluding hydrogens is 651 g/mol. The van der Waals surface area contributed by atoms with Crippen LogP contribution in [0.1, 0.15) is 35.1 Å². The van der Waals surface area contributed by atoms with Gasteiger partial charge in [-0.15, -0.1) is 12.4 Å². The molecule has 4 aromatic rings. The highest BCUT2D eigenvalue weighted by molar-refractivity contribution is 6.18. The number of benzene rings is 3. The number of aromatic nitrogens is 1. The molecule has 1 saturated heterocycles. The Balaban J connectivity index is 0.00000541. The van der Waals surface area contributed by atoms with E-state index in [1.807, 2.05) is 23.1 Å². The number of hydrogen-bond donors (Lipinski definition) is 4. The van der Waals surface area contributed by atoms with E-state index in [2.05, 4.69) is 18.0 Å².